The van der Waals surface area contributed by atoms with E-state index in [1.54, 1.807) is 6.26 Å². The molecule has 148 valence electrons. The lowest BCUT2D eigenvalue weighted by Crippen LogP contribution is -2.44. The Balaban J connectivity index is 1.49. The van der Waals surface area contributed by atoms with Gasteiger partial charge in [0.2, 0.25) is 5.28 Å². The third kappa shape index (κ3) is 3.54. The van der Waals surface area contributed by atoms with Crippen LogP contribution in [0.5, 0.6) is 0 Å². The number of nitrogens with one attached hydrogen (secondary N) is 1. The van der Waals surface area contributed by atoms with Gasteiger partial charge < -0.3 is 25.2 Å². The number of nitrogens with zero attached hydrogens (tertiary/aromatic N) is 3. The normalized spacial score (nSPS) is 31.5. The molecule has 0 aromatic rings. The van der Waals surface area contributed by atoms with Crippen molar-refractivity contribution in [2.45, 2.75) is 50.7 Å². The van der Waals surface area contributed by atoms with Crippen molar-refractivity contribution in [3.63, 3.8) is 0 Å². The molecular formula is C18H26N4O5. The first-order chi connectivity index (χ1) is 13.1. The van der Waals surface area contributed by atoms with Crippen LogP contribution in [0.3, 0.4) is 0 Å². The molecule has 1 aliphatic carbocycles. The van der Waals surface area contributed by atoms with Crippen molar-refractivity contribution in [3.8, 4) is 0 Å². The average Bonchev–Trinajstić information content (AvgIpc) is 3.33. The molecule has 1 saturated carbocycles. The van der Waals surface area contributed by atoms with E-state index in [0.717, 1.165) is 43.4 Å². The molecule has 9 nitrogen and oxygen atoms in total. The van der Waals surface area contributed by atoms with E-state index in [1.807, 2.05) is 6.20 Å². The van der Waals surface area contributed by atoms with E-state index in [2.05, 4.69) is 10.6 Å². The van der Waals surface area contributed by atoms with Gasteiger partial charge in [0.25, 0.3) is 0 Å². The minimum absolute atomic E-state index is 0.0521. The van der Waals surface area contributed by atoms with Crippen LogP contribution in [-0.4, -0.2) is 52.9 Å². The van der Waals surface area contributed by atoms with Gasteiger partial charge in [-0.3, -0.25) is 0 Å². The molecule has 0 spiro atoms. The number of carboxylic acids is 1. The molecule has 0 aromatic carbocycles. The van der Waals surface area contributed by atoms with Crippen LogP contribution in [0.1, 0.15) is 38.5 Å². The summed E-state index contributed by atoms with van der Waals surface area (Å²) in [4.78, 5) is 17.7. The zero-order valence-corrected chi connectivity index (χ0v) is 15.2. The average molecular weight is 378 g/mol. The molecule has 2 N–H and O–H groups in total. The largest absolute Gasteiger partial charge is 0.569 e. The highest BCUT2D eigenvalue weighted by atomic mass is 16.7. The van der Waals surface area contributed by atoms with E-state index >= 15 is 0 Å². The van der Waals surface area contributed by atoms with Gasteiger partial charge in [-0.05, 0) is 43.3 Å². The monoisotopic (exact) mass is 378 g/mol. The number of hydrogen-bond donors (Lipinski definition) is 2. The third-order valence-electron chi connectivity index (χ3n) is 5.96. The number of fused-ring (bicyclic) bond motifs is 1. The number of carboxylic acid groups (broad SMARTS) is 1. The molecule has 3 heterocycles. The van der Waals surface area contributed by atoms with Crippen LogP contribution in [0.4, 0.5) is 0 Å². The van der Waals surface area contributed by atoms with E-state index in [-0.39, 0.29) is 17.9 Å². The van der Waals surface area contributed by atoms with Gasteiger partial charge in [-0.25, -0.2) is 4.79 Å². The van der Waals surface area contributed by atoms with Crippen molar-refractivity contribution in [3.05, 3.63) is 28.8 Å². The van der Waals surface area contributed by atoms with Crippen LogP contribution in [0.2, 0.25) is 0 Å². The standard InChI is InChI=1S/C18H26N4O5/c23-18(24)17-14(15-9-19-8-12-10-26-11-16(12)15)6-7-21(17)22(25)20-27-13-4-2-1-3-5-13/h9,11-14,17,19H,1-8,10H2,(H,23,24)/b22-20-/t12?,14?,17-/m0/s1. The smallest absolute Gasteiger partial charge is 0.332 e. The molecule has 0 aromatic heterocycles. The van der Waals surface area contributed by atoms with Crippen molar-refractivity contribution >= 4 is 5.97 Å². The van der Waals surface area contributed by atoms with E-state index in [0.29, 0.717) is 24.5 Å². The molecule has 4 rings (SSSR count). The zero-order chi connectivity index (χ0) is 18.8. The molecular weight excluding hydrogens is 352 g/mol. The molecule has 3 atom stereocenters. The second kappa shape index (κ2) is 7.66. The van der Waals surface area contributed by atoms with Gasteiger partial charge in [-0.15, -0.1) is 5.01 Å². The molecule has 3 aliphatic heterocycles. The minimum Gasteiger partial charge on any atom is -0.569 e. The van der Waals surface area contributed by atoms with Gasteiger partial charge in [0, 0.05) is 24.6 Å². The first-order valence-electron chi connectivity index (χ1n) is 9.74. The summed E-state index contributed by atoms with van der Waals surface area (Å²) >= 11 is 0. The van der Waals surface area contributed by atoms with E-state index < -0.39 is 12.0 Å². The first kappa shape index (κ1) is 17.9. The molecule has 2 unspecified atom stereocenters. The van der Waals surface area contributed by atoms with Gasteiger partial charge in [0.05, 0.1) is 24.4 Å². The highest BCUT2D eigenvalue weighted by Crippen LogP contribution is 2.39. The predicted octanol–water partition coefficient (Wildman–Crippen LogP) is 1.92. The third-order valence-corrected chi connectivity index (χ3v) is 5.96. The molecule has 27 heavy (non-hydrogen) atoms. The number of ether oxygens (including phenoxy) is 1. The number of aliphatic carboxylic acids is 1. The van der Waals surface area contributed by atoms with Crippen molar-refractivity contribution in [1.29, 1.82) is 0 Å². The Bertz CT molecular complexity index is 671. The highest BCUT2D eigenvalue weighted by Gasteiger charge is 2.48. The van der Waals surface area contributed by atoms with Crippen molar-refractivity contribution < 1.29 is 24.4 Å². The summed E-state index contributed by atoms with van der Waals surface area (Å²) in [6.07, 6.45) is 9.20. The maximum absolute atomic E-state index is 12.5. The van der Waals surface area contributed by atoms with Crippen molar-refractivity contribution in [2.24, 2.45) is 17.1 Å². The lowest BCUT2D eigenvalue weighted by Gasteiger charge is -2.28. The second-order valence-corrected chi connectivity index (χ2v) is 7.65. The molecule has 9 heteroatoms. The molecule has 4 aliphatic rings. The Morgan fingerprint density at radius 1 is 1.33 bits per heavy atom. The second-order valence-electron chi connectivity index (χ2n) is 7.65. The van der Waals surface area contributed by atoms with Crippen LogP contribution in [-0.2, 0) is 14.4 Å². The van der Waals surface area contributed by atoms with Gasteiger partial charge >= 0.3 is 5.97 Å². The SMILES string of the molecule is O=C(O)[C@@H]1C(C2=CNCC3COC=C23)CCN1/[N+]([O-])=N/OC1CCCCC1. The first-order valence-corrected chi connectivity index (χ1v) is 9.74. The molecule has 0 amide bonds. The molecule has 1 saturated heterocycles. The number of hydrogen-bond acceptors (Lipinski definition) is 6. The Morgan fingerprint density at radius 3 is 2.93 bits per heavy atom. The molecule has 0 bridgehead atoms. The fourth-order valence-corrected chi connectivity index (χ4v) is 4.55. The Hall–Kier alpha value is -2.45. The summed E-state index contributed by atoms with van der Waals surface area (Å²) in [5.41, 5.74) is 1.96. The van der Waals surface area contributed by atoms with Crippen LogP contribution >= 0.6 is 0 Å². The molecule has 2 fully saturated rings. The Kier molecular flexibility index (Phi) is 5.09. The number of rotatable bonds is 5. The van der Waals surface area contributed by atoms with E-state index in [9.17, 15) is 15.1 Å². The number of carbonyl (C=O) groups is 1. The van der Waals surface area contributed by atoms with Gasteiger partial charge in [-0.1, -0.05) is 6.42 Å². The van der Waals surface area contributed by atoms with Crippen molar-refractivity contribution in [1.82, 2.24) is 10.3 Å². The summed E-state index contributed by atoms with van der Waals surface area (Å²) in [5, 5.41) is 30.4. The lowest BCUT2D eigenvalue weighted by molar-refractivity contribution is -0.713. The number of hydrazine groups is 1. The summed E-state index contributed by atoms with van der Waals surface area (Å²) < 4.78 is 5.44. The van der Waals surface area contributed by atoms with Gasteiger partial charge in [-0.2, -0.15) is 0 Å². The van der Waals surface area contributed by atoms with Crippen LogP contribution in [0.15, 0.2) is 28.9 Å². The van der Waals surface area contributed by atoms with Crippen LogP contribution < -0.4 is 5.32 Å². The van der Waals surface area contributed by atoms with E-state index in [1.165, 1.54) is 11.4 Å². The zero-order valence-electron chi connectivity index (χ0n) is 15.2. The highest BCUT2D eigenvalue weighted by molar-refractivity contribution is 5.75. The molecule has 0 radical (unpaired) electrons. The van der Waals surface area contributed by atoms with Gasteiger partial charge in [0.1, 0.15) is 6.10 Å². The summed E-state index contributed by atoms with van der Waals surface area (Å²) in [6, 6.07) is -0.977. The summed E-state index contributed by atoms with van der Waals surface area (Å²) in [6.45, 7) is 1.70. The maximum atomic E-state index is 12.5. The van der Waals surface area contributed by atoms with Crippen LogP contribution in [0, 0.1) is 17.0 Å². The summed E-state index contributed by atoms with van der Waals surface area (Å²) in [7, 11) is 0. The fraction of sp³-hybridized carbons (Fsp3) is 0.722. The minimum atomic E-state index is -1.03. The van der Waals surface area contributed by atoms with Crippen molar-refractivity contribution in [2.75, 3.05) is 19.7 Å². The van der Waals surface area contributed by atoms with Crippen LogP contribution in [0.25, 0.3) is 0 Å². The fourth-order valence-electron chi connectivity index (χ4n) is 4.55. The summed E-state index contributed by atoms with van der Waals surface area (Å²) in [5.74, 6) is -1.10. The topological polar surface area (TPSA) is 109 Å². The quantitative estimate of drug-likeness (QED) is 0.427. The maximum Gasteiger partial charge on any atom is 0.332 e. The predicted molar refractivity (Wildman–Crippen MR) is 93.9 cm³/mol. The van der Waals surface area contributed by atoms with E-state index in [4.69, 9.17) is 9.57 Å². The Morgan fingerprint density at radius 2 is 2.15 bits per heavy atom. The Labute approximate surface area is 157 Å². The van der Waals surface area contributed by atoms with Gasteiger partial charge in [0.15, 0.2) is 6.04 Å². The lowest BCUT2D eigenvalue weighted by atomic mass is 9.81.